The van der Waals surface area contributed by atoms with Gasteiger partial charge < -0.3 is 19.5 Å². The number of amides is 2. The van der Waals surface area contributed by atoms with Gasteiger partial charge in [0.2, 0.25) is 5.91 Å². The summed E-state index contributed by atoms with van der Waals surface area (Å²) in [7, 11) is 3.03. The maximum Gasteiger partial charge on any atom is 0.417 e. The number of hydrogen-bond acceptors (Lipinski definition) is 5. The standard InChI is InChI=1S/C17H18N2O5/c1-11(20)18-12-5-4-6-14(9-12)24-17(21)19-15-8-7-13(22-2)10-16(15)23-3/h4-10H,1-3H3,(H,18,20)(H,19,21). The zero-order chi connectivity index (χ0) is 17.5. The van der Waals surface area contributed by atoms with Crippen LogP contribution in [0.25, 0.3) is 0 Å². The van der Waals surface area contributed by atoms with Gasteiger partial charge in [-0.15, -0.1) is 0 Å². The van der Waals surface area contributed by atoms with Crippen molar-refractivity contribution < 1.29 is 23.8 Å². The summed E-state index contributed by atoms with van der Waals surface area (Å²) in [4.78, 5) is 23.1. The molecule has 0 fully saturated rings. The molecule has 0 aliphatic rings. The van der Waals surface area contributed by atoms with Gasteiger partial charge in [-0.2, -0.15) is 0 Å². The Labute approximate surface area is 139 Å². The molecule has 0 spiro atoms. The quantitative estimate of drug-likeness (QED) is 0.879. The highest BCUT2D eigenvalue weighted by Gasteiger charge is 2.11. The lowest BCUT2D eigenvalue weighted by molar-refractivity contribution is -0.114. The molecular weight excluding hydrogens is 312 g/mol. The molecule has 126 valence electrons. The van der Waals surface area contributed by atoms with Crippen LogP contribution < -0.4 is 24.8 Å². The molecule has 2 N–H and O–H groups in total. The molecule has 0 atom stereocenters. The number of ether oxygens (including phenoxy) is 3. The van der Waals surface area contributed by atoms with Crippen molar-refractivity contribution in [1.82, 2.24) is 0 Å². The normalized spacial score (nSPS) is 9.79. The molecule has 0 unspecified atom stereocenters. The fourth-order valence-corrected chi connectivity index (χ4v) is 1.98. The molecule has 2 rings (SSSR count). The lowest BCUT2D eigenvalue weighted by atomic mass is 10.2. The van der Waals surface area contributed by atoms with E-state index >= 15 is 0 Å². The van der Waals surface area contributed by atoms with Crippen LogP contribution in [0, 0.1) is 0 Å². The van der Waals surface area contributed by atoms with Gasteiger partial charge >= 0.3 is 6.09 Å². The van der Waals surface area contributed by atoms with Gasteiger partial charge in [-0.3, -0.25) is 10.1 Å². The minimum atomic E-state index is -0.682. The zero-order valence-corrected chi connectivity index (χ0v) is 13.6. The number of carbonyl (C=O) groups is 2. The maximum atomic E-state index is 12.0. The van der Waals surface area contributed by atoms with E-state index in [0.29, 0.717) is 28.6 Å². The molecule has 24 heavy (non-hydrogen) atoms. The van der Waals surface area contributed by atoms with E-state index in [0.717, 1.165) is 0 Å². The van der Waals surface area contributed by atoms with Crippen molar-refractivity contribution in [3.05, 3.63) is 42.5 Å². The molecule has 0 bridgehead atoms. The van der Waals surface area contributed by atoms with E-state index in [1.165, 1.54) is 21.1 Å². The lowest BCUT2D eigenvalue weighted by Crippen LogP contribution is -2.17. The molecule has 0 aliphatic heterocycles. The summed E-state index contributed by atoms with van der Waals surface area (Å²) >= 11 is 0. The zero-order valence-electron chi connectivity index (χ0n) is 13.6. The molecule has 0 heterocycles. The predicted octanol–water partition coefficient (Wildman–Crippen LogP) is 3.27. The lowest BCUT2D eigenvalue weighted by Gasteiger charge is -2.12. The minimum Gasteiger partial charge on any atom is -0.497 e. The van der Waals surface area contributed by atoms with E-state index in [2.05, 4.69) is 10.6 Å². The van der Waals surface area contributed by atoms with Crippen molar-refractivity contribution in [2.75, 3.05) is 24.9 Å². The van der Waals surface area contributed by atoms with Crippen LogP contribution in [0.5, 0.6) is 17.2 Å². The van der Waals surface area contributed by atoms with Crippen LogP contribution in [-0.2, 0) is 4.79 Å². The third-order valence-electron chi connectivity index (χ3n) is 3.01. The number of carbonyl (C=O) groups excluding carboxylic acids is 2. The minimum absolute atomic E-state index is 0.209. The molecule has 0 saturated carbocycles. The second kappa shape index (κ2) is 7.87. The van der Waals surface area contributed by atoms with Gasteiger partial charge in [0.15, 0.2) is 0 Å². The molecule has 2 amide bonds. The van der Waals surface area contributed by atoms with Crippen LogP contribution in [0.1, 0.15) is 6.92 Å². The third kappa shape index (κ3) is 4.64. The Morgan fingerprint density at radius 1 is 0.917 bits per heavy atom. The molecule has 0 saturated heterocycles. The van der Waals surface area contributed by atoms with Gasteiger partial charge in [-0.1, -0.05) is 6.07 Å². The monoisotopic (exact) mass is 330 g/mol. The van der Waals surface area contributed by atoms with Crippen molar-refractivity contribution in [3.8, 4) is 17.2 Å². The SMILES string of the molecule is COc1ccc(NC(=O)Oc2cccc(NC(C)=O)c2)c(OC)c1. The number of rotatable bonds is 5. The first kappa shape index (κ1) is 17.1. The Balaban J connectivity index is 2.07. The number of hydrogen-bond donors (Lipinski definition) is 2. The van der Waals surface area contributed by atoms with Crippen LogP contribution in [-0.4, -0.2) is 26.2 Å². The van der Waals surface area contributed by atoms with Crippen LogP contribution >= 0.6 is 0 Å². The molecule has 2 aromatic carbocycles. The van der Waals surface area contributed by atoms with Crippen molar-refractivity contribution in [1.29, 1.82) is 0 Å². The molecule has 0 radical (unpaired) electrons. The number of methoxy groups -OCH3 is 2. The predicted molar refractivity (Wildman–Crippen MR) is 89.9 cm³/mol. The Bertz CT molecular complexity index is 746. The Kier molecular flexibility index (Phi) is 5.62. The summed E-state index contributed by atoms with van der Waals surface area (Å²) in [6.07, 6.45) is -0.682. The first-order valence-electron chi connectivity index (χ1n) is 7.10. The summed E-state index contributed by atoms with van der Waals surface area (Å²) in [5.74, 6) is 1.14. The molecular formula is C17H18N2O5. The average molecular weight is 330 g/mol. The fourth-order valence-electron chi connectivity index (χ4n) is 1.98. The maximum absolute atomic E-state index is 12.0. The van der Waals surface area contributed by atoms with Gasteiger partial charge in [-0.05, 0) is 24.3 Å². The molecule has 0 aromatic heterocycles. The van der Waals surface area contributed by atoms with Crippen LogP contribution in [0.4, 0.5) is 16.2 Å². The Morgan fingerprint density at radius 2 is 1.71 bits per heavy atom. The summed E-state index contributed by atoms with van der Waals surface area (Å²) < 4.78 is 15.5. The molecule has 7 nitrogen and oxygen atoms in total. The van der Waals surface area contributed by atoms with E-state index in [1.807, 2.05) is 0 Å². The summed E-state index contributed by atoms with van der Waals surface area (Å²) in [5, 5.41) is 5.21. The highest BCUT2D eigenvalue weighted by Crippen LogP contribution is 2.29. The van der Waals surface area contributed by atoms with Crippen LogP contribution in [0.3, 0.4) is 0 Å². The highest BCUT2D eigenvalue weighted by molar-refractivity contribution is 5.90. The number of nitrogens with one attached hydrogen (secondary N) is 2. The van der Waals surface area contributed by atoms with Crippen LogP contribution in [0.15, 0.2) is 42.5 Å². The first-order chi connectivity index (χ1) is 11.5. The van der Waals surface area contributed by atoms with Crippen molar-refractivity contribution in [2.45, 2.75) is 6.92 Å². The van der Waals surface area contributed by atoms with E-state index in [9.17, 15) is 9.59 Å². The van der Waals surface area contributed by atoms with E-state index < -0.39 is 6.09 Å². The largest absolute Gasteiger partial charge is 0.497 e. The van der Waals surface area contributed by atoms with Gasteiger partial charge in [0.05, 0.1) is 19.9 Å². The second-order valence-corrected chi connectivity index (χ2v) is 4.79. The smallest absolute Gasteiger partial charge is 0.417 e. The van der Waals surface area contributed by atoms with Gasteiger partial charge in [0.1, 0.15) is 17.2 Å². The molecule has 7 heteroatoms. The third-order valence-corrected chi connectivity index (χ3v) is 3.01. The highest BCUT2D eigenvalue weighted by atomic mass is 16.6. The van der Waals surface area contributed by atoms with Crippen molar-refractivity contribution in [3.63, 3.8) is 0 Å². The van der Waals surface area contributed by atoms with E-state index in [4.69, 9.17) is 14.2 Å². The van der Waals surface area contributed by atoms with Crippen molar-refractivity contribution in [2.24, 2.45) is 0 Å². The van der Waals surface area contributed by atoms with E-state index in [-0.39, 0.29) is 5.91 Å². The summed E-state index contributed by atoms with van der Waals surface area (Å²) in [6.45, 7) is 1.40. The molecule has 0 aliphatic carbocycles. The average Bonchev–Trinajstić information content (AvgIpc) is 2.54. The van der Waals surface area contributed by atoms with E-state index in [1.54, 1.807) is 42.5 Å². The van der Waals surface area contributed by atoms with Gasteiger partial charge in [-0.25, -0.2) is 4.79 Å². The van der Waals surface area contributed by atoms with Crippen LogP contribution in [0.2, 0.25) is 0 Å². The molecule has 2 aromatic rings. The topological polar surface area (TPSA) is 85.9 Å². The fraction of sp³-hybridized carbons (Fsp3) is 0.176. The first-order valence-corrected chi connectivity index (χ1v) is 7.10. The Morgan fingerprint density at radius 3 is 2.38 bits per heavy atom. The van der Waals surface area contributed by atoms with Crippen molar-refractivity contribution >= 4 is 23.4 Å². The van der Waals surface area contributed by atoms with Gasteiger partial charge in [0.25, 0.3) is 0 Å². The summed E-state index contributed by atoms with van der Waals surface area (Å²) in [6, 6.07) is 11.5. The Hall–Kier alpha value is -3.22. The second-order valence-electron chi connectivity index (χ2n) is 4.79. The number of anilines is 2. The summed E-state index contributed by atoms with van der Waals surface area (Å²) in [5.41, 5.74) is 0.983. The van der Waals surface area contributed by atoms with Gasteiger partial charge in [0, 0.05) is 24.7 Å². The number of benzene rings is 2.